The Labute approximate surface area is 108 Å². The highest BCUT2D eigenvalue weighted by atomic mass is 16.5. The summed E-state index contributed by atoms with van der Waals surface area (Å²) in [4.78, 5) is 0. The molecule has 0 spiro atoms. The lowest BCUT2D eigenvalue weighted by Crippen LogP contribution is -2.43. The quantitative estimate of drug-likeness (QED) is 0.631. The summed E-state index contributed by atoms with van der Waals surface area (Å²) in [5.41, 5.74) is 0. The standard InChI is InChI=1S/C15H31NO/c1-5-10-16-14(11-12(6-2)7-3)15(17-4)13-8-9-13/h12-16H,5-11H2,1-4H3. The van der Waals surface area contributed by atoms with Gasteiger partial charge in [-0.3, -0.25) is 0 Å². The van der Waals surface area contributed by atoms with Crippen LogP contribution in [0.15, 0.2) is 0 Å². The van der Waals surface area contributed by atoms with Gasteiger partial charge >= 0.3 is 0 Å². The maximum Gasteiger partial charge on any atom is 0.0752 e. The molecule has 2 unspecified atom stereocenters. The first-order chi connectivity index (χ1) is 8.26. The molecule has 0 amide bonds. The van der Waals surface area contributed by atoms with Crippen molar-refractivity contribution in [3.05, 3.63) is 0 Å². The van der Waals surface area contributed by atoms with Gasteiger partial charge in [0.05, 0.1) is 6.10 Å². The molecular weight excluding hydrogens is 210 g/mol. The van der Waals surface area contributed by atoms with E-state index >= 15 is 0 Å². The molecule has 17 heavy (non-hydrogen) atoms. The van der Waals surface area contributed by atoms with Gasteiger partial charge in [0.25, 0.3) is 0 Å². The molecule has 0 aliphatic heterocycles. The summed E-state index contributed by atoms with van der Waals surface area (Å²) in [7, 11) is 1.89. The third-order valence-electron chi connectivity index (χ3n) is 4.15. The van der Waals surface area contributed by atoms with Gasteiger partial charge in [0.1, 0.15) is 0 Å². The van der Waals surface area contributed by atoms with E-state index in [1.165, 1.54) is 38.5 Å². The van der Waals surface area contributed by atoms with Gasteiger partial charge in [-0.1, -0.05) is 33.6 Å². The van der Waals surface area contributed by atoms with E-state index in [4.69, 9.17) is 4.74 Å². The van der Waals surface area contributed by atoms with E-state index in [-0.39, 0.29) is 0 Å². The van der Waals surface area contributed by atoms with Crippen molar-refractivity contribution in [2.45, 2.75) is 71.4 Å². The van der Waals surface area contributed by atoms with Gasteiger partial charge in [-0.25, -0.2) is 0 Å². The zero-order valence-electron chi connectivity index (χ0n) is 12.2. The molecule has 1 saturated carbocycles. The number of hydrogen-bond acceptors (Lipinski definition) is 2. The molecule has 0 radical (unpaired) electrons. The zero-order chi connectivity index (χ0) is 12.7. The van der Waals surface area contributed by atoms with Crippen LogP contribution in [0.1, 0.15) is 59.3 Å². The number of methoxy groups -OCH3 is 1. The van der Waals surface area contributed by atoms with E-state index in [9.17, 15) is 0 Å². The Hall–Kier alpha value is -0.0800. The lowest BCUT2D eigenvalue weighted by molar-refractivity contribution is 0.0425. The molecule has 1 N–H and O–H groups in total. The lowest BCUT2D eigenvalue weighted by Gasteiger charge is -2.30. The Balaban J connectivity index is 2.50. The molecule has 1 aliphatic rings. The average Bonchev–Trinajstić information content (AvgIpc) is 3.17. The summed E-state index contributed by atoms with van der Waals surface area (Å²) >= 11 is 0. The van der Waals surface area contributed by atoms with Crippen molar-refractivity contribution in [3.63, 3.8) is 0 Å². The van der Waals surface area contributed by atoms with Crippen LogP contribution >= 0.6 is 0 Å². The van der Waals surface area contributed by atoms with Crippen molar-refractivity contribution in [3.8, 4) is 0 Å². The minimum Gasteiger partial charge on any atom is -0.380 e. The van der Waals surface area contributed by atoms with E-state index in [1.807, 2.05) is 7.11 Å². The summed E-state index contributed by atoms with van der Waals surface area (Å²) in [5.74, 6) is 1.67. The number of rotatable bonds is 10. The molecule has 0 aromatic carbocycles. The Morgan fingerprint density at radius 1 is 1.18 bits per heavy atom. The minimum atomic E-state index is 0.446. The molecular formula is C15H31NO. The second kappa shape index (κ2) is 8.10. The molecule has 0 aromatic rings. The van der Waals surface area contributed by atoms with E-state index in [0.717, 1.165) is 18.4 Å². The van der Waals surface area contributed by atoms with Crippen LogP contribution in [0.5, 0.6) is 0 Å². The van der Waals surface area contributed by atoms with E-state index < -0.39 is 0 Å². The second-order valence-corrected chi connectivity index (χ2v) is 5.52. The van der Waals surface area contributed by atoms with E-state index in [2.05, 4.69) is 26.1 Å². The Kier molecular flexibility index (Phi) is 7.14. The van der Waals surface area contributed by atoms with Gasteiger partial charge in [-0.2, -0.15) is 0 Å². The van der Waals surface area contributed by atoms with Crippen molar-refractivity contribution >= 4 is 0 Å². The molecule has 0 heterocycles. The van der Waals surface area contributed by atoms with Gasteiger partial charge < -0.3 is 10.1 Å². The predicted octanol–water partition coefficient (Wildman–Crippen LogP) is 3.61. The molecule has 0 saturated heterocycles. The highest BCUT2D eigenvalue weighted by molar-refractivity contribution is 4.91. The summed E-state index contributed by atoms with van der Waals surface area (Å²) < 4.78 is 5.76. The van der Waals surface area contributed by atoms with Gasteiger partial charge in [0.15, 0.2) is 0 Å². The molecule has 2 nitrogen and oxygen atoms in total. The van der Waals surface area contributed by atoms with Gasteiger partial charge in [-0.05, 0) is 44.1 Å². The van der Waals surface area contributed by atoms with Crippen LogP contribution in [0.4, 0.5) is 0 Å². The highest BCUT2D eigenvalue weighted by Crippen LogP contribution is 2.37. The van der Waals surface area contributed by atoms with Gasteiger partial charge in [-0.15, -0.1) is 0 Å². The number of nitrogens with one attached hydrogen (secondary N) is 1. The Morgan fingerprint density at radius 3 is 2.24 bits per heavy atom. The smallest absolute Gasteiger partial charge is 0.0752 e. The molecule has 0 bridgehead atoms. The third-order valence-corrected chi connectivity index (χ3v) is 4.15. The first-order valence-corrected chi connectivity index (χ1v) is 7.52. The molecule has 102 valence electrons. The van der Waals surface area contributed by atoms with E-state index in [1.54, 1.807) is 0 Å². The molecule has 2 atom stereocenters. The van der Waals surface area contributed by atoms with Crippen LogP contribution in [-0.2, 0) is 4.74 Å². The van der Waals surface area contributed by atoms with Crippen LogP contribution in [-0.4, -0.2) is 25.8 Å². The van der Waals surface area contributed by atoms with Crippen LogP contribution in [0.3, 0.4) is 0 Å². The molecule has 2 heteroatoms. The fourth-order valence-electron chi connectivity index (χ4n) is 2.75. The fraction of sp³-hybridized carbons (Fsp3) is 1.00. The Bertz CT molecular complexity index is 187. The summed E-state index contributed by atoms with van der Waals surface area (Å²) in [6.07, 6.45) is 8.26. The molecule has 1 rings (SSSR count). The largest absolute Gasteiger partial charge is 0.380 e. The van der Waals surface area contributed by atoms with Crippen LogP contribution in [0.2, 0.25) is 0 Å². The summed E-state index contributed by atoms with van der Waals surface area (Å²) in [6, 6.07) is 0.567. The molecule has 1 fully saturated rings. The highest BCUT2D eigenvalue weighted by Gasteiger charge is 2.37. The van der Waals surface area contributed by atoms with Gasteiger partial charge in [0, 0.05) is 13.2 Å². The van der Waals surface area contributed by atoms with Crippen LogP contribution < -0.4 is 5.32 Å². The van der Waals surface area contributed by atoms with Crippen LogP contribution in [0.25, 0.3) is 0 Å². The van der Waals surface area contributed by atoms with Crippen molar-refractivity contribution in [2.24, 2.45) is 11.8 Å². The number of hydrogen-bond donors (Lipinski definition) is 1. The third kappa shape index (κ3) is 4.97. The van der Waals surface area contributed by atoms with Crippen LogP contribution in [0, 0.1) is 11.8 Å². The van der Waals surface area contributed by atoms with E-state index in [0.29, 0.717) is 12.1 Å². The topological polar surface area (TPSA) is 21.3 Å². The first-order valence-electron chi connectivity index (χ1n) is 7.52. The first kappa shape index (κ1) is 15.0. The second-order valence-electron chi connectivity index (χ2n) is 5.52. The van der Waals surface area contributed by atoms with Crippen molar-refractivity contribution in [1.29, 1.82) is 0 Å². The predicted molar refractivity (Wildman–Crippen MR) is 74.3 cm³/mol. The number of ether oxygens (including phenoxy) is 1. The normalized spacial score (nSPS) is 19.6. The molecule has 1 aliphatic carbocycles. The summed E-state index contributed by atoms with van der Waals surface area (Å²) in [5, 5.41) is 3.72. The Morgan fingerprint density at radius 2 is 1.82 bits per heavy atom. The lowest BCUT2D eigenvalue weighted by atomic mass is 9.90. The average molecular weight is 241 g/mol. The maximum absolute atomic E-state index is 5.76. The van der Waals surface area contributed by atoms with Crippen molar-refractivity contribution in [2.75, 3.05) is 13.7 Å². The van der Waals surface area contributed by atoms with Crippen molar-refractivity contribution in [1.82, 2.24) is 5.32 Å². The fourth-order valence-corrected chi connectivity index (χ4v) is 2.75. The maximum atomic E-state index is 5.76. The summed E-state index contributed by atoms with van der Waals surface area (Å²) in [6.45, 7) is 7.98. The monoisotopic (exact) mass is 241 g/mol. The zero-order valence-corrected chi connectivity index (χ0v) is 12.2. The SMILES string of the molecule is CCCNC(CC(CC)CC)C(OC)C1CC1. The molecule has 0 aromatic heterocycles. The minimum absolute atomic E-state index is 0.446. The van der Waals surface area contributed by atoms with Crippen molar-refractivity contribution < 1.29 is 4.74 Å². The van der Waals surface area contributed by atoms with Gasteiger partial charge in [0.2, 0.25) is 0 Å².